The Balaban J connectivity index is 1.53. The summed E-state index contributed by atoms with van der Waals surface area (Å²) in [5.41, 5.74) is 1.46. The zero-order chi connectivity index (χ0) is 17.5. The predicted octanol–water partition coefficient (Wildman–Crippen LogP) is 2.28. The molecule has 0 amide bonds. The Morgan fingerprint density at radius 2 is 2.28 bits per heavy atom. The third-order valence-corrected chi connectivity index (χ3v) is 4.37. The van der Waals surface area contributed by atoms with E-state index in [9.17, 15) is 4.79 Å². The van der Waals surface area contributed by atoms with Gasteiger partial charge in [0.15, 0.2) is 12.4 Å². The van der Waals surface area contributed by atoms with Crippen LogP contribution in [0.5, 0.6) is 0 Å². The zero-order valence-electron chi connectivity index (χ0n) is 13.8. The second-order valence-corrected chi connectivity index (χ2v) is 6.23. The molecule has 0 aliphatic rings. The van der Waals surface area contributed by atoms with Crippen LogP contribution in [0.15, 0.2) is 29.8 Å². The van der Waals surface area contributed by atoms with Crippen LogP contribution in [0.2, 0.25) is 0 Å². The number of hydrogen-bond acceptors (Lipinski definition) is 8. The fourth-order valence-corrected chi connectivity index (χ4v) is 2.94. The van der Waals surface area contributed by atoms with Gasteiger partial charge in [-0.15, -0.1) is 16.4 Å². The number of unbranched alkanes of at least 4 members (excludes halogenated alkanes) is 1. The lowest BCUT2D eigenvalue weighted by Gasteiger charge is -2.04. The number of nitrogens with zero attached hydrogens (tertiary/aromatic N) is 6. The van der Waals surface area contributed by atoms with Crippen LogP contribution in [-0.2, 0) is 29.1 Å². The number of thiazole rings is 1. The van der Waals surface area contributed by atoms with Crippen molar-refractivity contribution < 1.29 is 9.53 Å². The summed E-state index contributed by atoms with van der Waals surface area (Å²) in [5.74, 6) is 0.192. The van der Waals surface area contributed by atoms with Crippen molar-refractivity contribution in [2.24, 2.45) is 0 Å². The van der Waals surface area contributed by atoms with E-state index in [1.165, 1.54) is 11.3 Å². The number of carbonyl (C=O) groups excluding carboxylic acids is 1. The van der Waals surface area contributed by atoms with Crippen molar-refractivity contribution >= 4 is 17.3 Å². The van der Waals surface area contributed by atoms with Gasteiger partial charge in [0, 0.05) is 18.1 Å². The van der Waals surface area contributed by atoms with Gasteiger partial charge >= 0.3 is 5.97 Å². The van der Waals surface area contributed by atoms with E-state index in [1.807, 2.05) is 23.6 Å². The molecule has 0 fully saturated rings. The molecule has 0 atom stereocenters. The summed E-state index contributed by atoms with van der Waals surface area (Å²) in [5, 5.41) is 14.0. The standard InChI is InChI=1S/C16H18N6O2S/c1-2-3-8-22-14(19-20-21-22)10-24-15(23)9-12-11-25-16(18-12)13-6-4-5-7-17-13/h4-7,11H,2-3,8-10H2,1H3. The van der Waals surface area contributed by atoms with Gasteiger partial charge in [-0.3, -0.25) is 9.78 Å². The lowest BCUT2D eigenvalue weighted by Crippen LogP contribution is -2.12. The minimum absolute atomic E-state index is 0.0623. The molecule has 3 aromatic rings. The van der Waals surface area contributed by atoms with Crippen molar-refractivity contribution in [1.82, 2.24) is 30.2 Å². The monoisotopic (exact) mass is 358 g/mol. The maximum Gasteiger partial charge on any atom is 0.312 e. The summed E-state index contributed by atoms with van der Waals surface area (Å²) in [6.07, 6.45) is 3.84. The highest BCUT2D eigenvalue weighted by Crippen LogP contribution is 2.21. The maximum absolute atomic E-state index is 12.0. The first-order valence-corrected chi connectivity index (χ1v) is 8.90. The number of ether oxygens (including phenoxy) is 1. The van der Waals surface area contributed by atoms with E-state index in [4.69, 9.17) is 4.74 Å². The molecule has 0 saturated carbocycles. The van der Waals surface area contributed by atoms with Gasteiger partial charge in [-0.25, -0.2) is 9.67 Å². The molecule has 0 aliphatic carbocycles. The van der Waals surface area contributed by atoms with E-state index in [1.54, 1.807) is 10.9 Å². The second-order valence-electron chi connectivity index (χ2n) is 5.37. The molecule has 3 heterocycles. The Hall–Kier alpha value is -2.68. The minimum atomic E-state index is -0.358. The molecule has 0 unspecified atom stereocenters. The second kappa shape index (κ2) is 8.43. The van der Waals surface area contributed by atoms with Crippen LogP contribution in [0, 0.1) is 0 Å². The summed E-state index contributed by atoms with van der Waals surface area (Å²) >= 11 is 1.45. The molecular weight excluding hydrogens is 340 g/mol. The van der Waals surface area contributed by atoms with Crippen LogP contribution < -0.4 is 0 Å². The average molecular weight is 358 g/mol. The molecule has 0 radical (unpaired) electrons. The SMILES string of the molecule is CCCCn1nnnc1COC(=O)Cc1csc(-c2ccccn2)n1. The highest BCUT2D eigenvalue weighted by molar-refractivity contribution is 7.13. The maximum atomic E-state index is 12.0. The highest BCUT2D eigenvalue weighted by atomic mass is 32.1. The predicted molar refractivity (Wildman–Crippen MR) is 91.6 cm³/mol. The Morgan fingerprint density at radius 1 is 1.36 bits per heavy atom. The van der Waals surface area contributed by atoms with Gasteiger partial charge in [0.25, 0.3) is 0 Å². The number of pyridine rings is 1. The van der Waals surface area contributed by atoms with E-state index < -0.39 is 0 Å². The molecular formula is C16H18N6O2S. The lowest BCUT2D eigenvalue weighted by molar-refractivity contribution is -0.144. The van der Waals surface area contributed by atoms with Gasteiger partial charge < -0.3 is 4.74 Å². The highest BCUT2D eigenvalue weighted by Gasteiger charge is 2.13. The van der Waals surface area contributed by atoms with E-state index in [0.29, 0.717) is 11.5 Å². The number of hydrogen-bond donors (Lipinski definition) is 0. The van der Waals surface area contributed by atoms with E-state index in [0.717, 1.165) is 30.1 Å². The molecule has 0 aliphatic heterocycles. The molecule has 0 N–H and O–H groups in total. The van der Waals surface area contributed by atoms with Gasteiger partial charge in [-0.05, 0) is 29.0 Å². The van der Waals surface area contributed by atoms with Crippen LogP contribution in [0.25, 0.3) is 10.7 Å². The van der Waals surface area contributed by atoms with Crippen molar-refractivity contribution in [3.8, 4) is 10.7 Å². The molecule has 0 aromatic carbocycles. The number of rotatable bonds is 8. The van der Waals surface area contributed by atoms with Crippen molar-refractivity contribution in [3.63, 3.8) is 0 Å². The minimum Gasteiger partial charge on any atom is -0.457 e. The van der Waals surface area contributed by atoms with Gasteiger partial charge in [0.2, 0.25) is 0 Å². The van der Waals surface area contributed by atoms with Crippen molar-refractivity contribution in [3.05, 3.63) is 41.3 Å². The van der Waals surface area contributed by atoms with E-state index in [-0.39, 0.29) is 19.0 Å². The van der Waals surface area contributed by atoms with E-state index in [2.05, 4.69) is 32.4 Å². The molecule has 3 rings (SSSR count). The van der Waals surface area contributed by atoms with Gasteiger partial charge in [0.05, 0.1) is 17.8 Å². The third-order valence-electron chi connectivity index (χ3n) is 3.45. The van der Waals surface area contributed by atoms with Gasteiger partial charge in [0.1, 0.15) is 5.01 Å². The quantitative estimate of drug-likeness (QED) is 0.570. The molecule has 3 aromatic heterocycles. The summed E-state index contributed by atoms with van der Waals surface area (Å²) in [6.45, 7) is 2.87. The molecule has 8 nitrogen and oxygen atoms in total. The van der Waals surface area contributed by atoms with Crippen molar-refractivity contribution in [1.29, 1.82) is 0 Å². The number of aromatic nitrogens is 6. The first kappa shape index (κ1) is 17.2. The topological polar surface area (TPSA) is 95.7 Å². The Labute approximate surface area is 148 Å². The molecule has 0 saturated heterocycles. The van der Waals surface area contributed by atoms with Crippen LogP contribution in [-0.4, -0.2) is 36.1 Å². The van der Waals surface area contributed by atoms with Crippen LogP contribution in [0.4, 0.5) is 0 Å². The fraction of sp³-hybridized carbons (Fsp3) is 0.375. The fourth-order valence-electron chi connectivity index (χ4n) is 2.15. The van der Waals surface area contributed by atoms with Crippen molar-refractivity contribution in [2.75, 3.05) is 0 Å². The Bertz CT molecular complexity index is 817. The number of aryl methyl sites for hydroxylation is 1. The molecule has 0 spiro atoms. The van der Waals surface area contributed by atoms with Crippen LogP contribution >= 0.6 is 11.3 Å². The molecule has 130 valence electrons. The van der Waals surface area contributed by atoms with Gasteiger partial charge in [-0.1, -0.05) is 19.4 Å². The molecule has 0 bridgehead atoms. The van der Waals surface area contributed by atoms with E-state index >= 15 is 0 Å². The third kappa shape index (κ3) is 4.66. The first-order valence-electron chi connectivity index (χ1n) is 8.02. The number of tetrazole rings is 1. The smallest absolute Gasteiger partial charge is 0.312 e. The number of carbonyl (C=O) groups is 1. The average Bonchev–Trinajstić information content (AvgIpc) is 3.28. The van der Waals surface area contributed by atoms with Gasteiger partial charge in [-0.2, -0.15) is 0 Å². The van der Waals surface area contributed by atoms with Crippen molar-refractivity contribution in [2.45, 2.75) is 39.3 Å². The number of esters is 1. The largest absolute Gasteiger partial charge is 0.457 e. The summed E-state index contributed by atoms with van der Waals surface area (Å²) in [4.78, 5) is 20.7. The van der Waals surface area contributed by atoms with Crippen LogP contribution in [0.3, 0.4) is 0 Å². The summed E-state index contributed by atoms with van der Waals surface area (Å²) < 4.78 is 6.94. The normalized spacial score (nSPS) is 10.8. The lowest BCUT2D eigenvalue weighted by atomic mass is 10.3. The Kier molecular flexibility index (Phi) is 5.78. The summed E-state index contributed by atoms with van der Waals surface area (Å²) in [6, 6.07) is 5.64. The summed E-state index contributed by atoms with van der Waals surface area (Å²) in [7, 11) is 0. The Morgan fingerprint density at radius 3 is 3.08 bits per heavy atom. The van der Waals surface area contributed by atoms with Crippen LogP contribution in [0.1, 0.15) is 31.3 Å². The molecule has 25 heavy (non-hydrogen) atoms. The molecule has 9 heteroatoms. The first-order chi connectivity index (χ1) is 12.3. The zero-order valence-corrected chi connectivity index (χ0v) is 14.6.